The number of carbonyl (C=O) groups is 2. The van der Waals surface area contributed by atoms with Gasteiger partial charge in [-0.2, -0.15) is 4.31 Å². The van der Waals surface area contributed by atoms with Crippen molar-refractivity contribution in [2.45, 2.75) is 28.5 Å². The Morgan fingerprint density at radius 1 is 1.03 bits per heavy atom. The third-order valence-electron chi connectivity index (χ3n) is 5.96. The fraction of sp³-hybridized carbons (Fsp3) is 0.360. The topological polar surface area (TPSA) is 140 Å². The largest absolute Gasteiger partial charge is 0.493 e. The van der Waals surface area contributed by atoms with Crippen molar-refractivity contribution in [1.82, 2.24) is 19.8 Å². The number of anilines is 1. The number of hydrogen-bond acceptors (Lipinski definition) is 10. The van der Waals surface area contributed by atoms with Crippen molar-refractivity contribution in [1.29, 1.82) is 0 Å². The monoisotopic (exact) mass is 591 g/mol. The summed E-state index contributed by atoms with van der Waals surface area (Å²) < 4.78 is 37.8. The van der Waals surface area contributed by atoms with Crippen LogP contribution in [0, 0.1) is 0 Å². The van der Waals surface area contributed by atoms with Gasteiger partial charge in [-0.05, 0) is 61.2 Å². The maximum atomic E-state index is 12.7. The van der Waals surface area contributed by atoms with Crippen LogP contribution in [-0.2, 0) is 21.2 Å². The van der Waals surface area contributed by atoms with Crippen LogP contribution < -0.4 is 20.1 Å². The number of sulfonamides is 1. The standard InChI is InChI=1S/C25H29N5O6S3/c1-35-20-10-5-17(15-21(20)36-2)11-12-26-22(31)16-37-25-29-28-24(38-25)27-23(32)18-6-8-19(9-7-18)39(33,34)30-13-3-4-14-30/h5-10,15H,3-4,11-14,16H2,1-2H3,(H,26,31)(H,27,28,32). The fourth-order valence-corrected chi connectivity index (χ4v) is 7.00. The number of hydrogen-bond donors (Lipinski definition) is 2. The summed E-state index contributed by atoms with van der Waals surface area (Å²) in [5.41, 5.74) is 1.31. The second kappa shape index (κ2) is 13.2. The zero-order valence-corrected chi connectivity index (χ0v) is 24.0. The molecule has 4 rings (SSSR count). The van der Waals surface area contributed by atoms with E-state index in [9.17, 15) is 18.0 Å². The van der Waals surface area contributed by atoms with Gasteiger partial charge in [0.2, 0.25) is 21.1 Å². The van der Waals surface area contributed by atoms with E-state index in [1.54, 1.807) is 14.2 Å². The Morgan fingerprint density at radius 3 is 2.44 bits per heavy atom. The Kier molecular flexibility index (Phi) is 9.78. The molecular weight excluding hydrogens is 563 g/mol. The van der Waals surface area contributed by atoms with Gasteiger partial charge in [0.15, 0.2) is 15.8 Å². The summed E-state index contributed by atoms with van der Waals surface area (Å²) in [6.45, 7) is 1.50. The molecule has 0 radical (unpaired) electrons. The number of carbonyl (C=O) groups excluding carboxylic acids is 2. The van der Waals surface area contributed by atoms with Crippen molar-refractivity contribution in [3.63, 3.8) is 0 Å². The van der Waals surface area contributed by atoms with E-state index >= 15 is 0 Å². The third kappa shape index (κ3) is 7.47. The minimum absolute atomic E-state index is 0.148. The second-order valence-corrected chi connectivity index (χ2v) is 12.7. The summed E-state index contributed by atoms with van der Waals surface area (Å²) in [5, 5.41) is 13.8. The van der Waals surface area contributed by atoms with E-state index in [1.165, 1.54) is 40.3 Å². The summed E-state index contributed by atoms with van der Waals surface area (Å²) >= 11 is 2.37. The Hall–Kier alpha value is -3.20. The molecule has 0 aliphatic carbocycles. The molecule has 0 unspecified atom stereocenters. The first-order valence-corrected chi connectivity index (χ1v) is 15.4. The average Bonchev–Trinajstić information content (AvgIpc) is 3.65. The van der Waals surface area contributed by atoms with Crippen LogP contribution in [0.1, 0.15) is 28.8 Å². The summed E-state index contributed by atoms with van der Waals surface area (Å²) in [5.74, 6) is 0.863. The van der Waals surface area contributed by atoms with Crippen LogP contribution in [0.15, 0.2) is 51.7 Å². The number of benzene rings is 2. The number of thioether (sulfide) groups is 1. The first kappa shape index (κ1) is 28.8. The molecule has 1 fully saturated rings. The number of nitrogens with zero attached hydrogens (tertiary/aromatic N) is 3. The van der Waals surface area contributed by atoms with E-state index in [0.717, 1.165) is 29.7 Å². The van der Waals surface area contributed by atoms with E-state index in [4.69, 9.17) is 9.47 Å². The van der Waals surface area contributed by atoms with Crippen LogP contribution in [0.25, 0.3) is 0 Å². The smallest absolute Gasteiger partial charge is 0.257 e. The van der Waals surface area contributed by atoms with Gasteiger partial charge in [-0.1, -0.05) is 29.2 Å². The Labute approximate surface area is 235 Å². The number of methoxy groups -OCH3 is 2. The van der Waals surface area contributed by atoms with Gasteiger partial charge in [0.05, 0.1) is 24.9 Å². The highest BCUT2D eigenvalue weighted by Gasteiger charge is 2.27. The van der Waals surface area contributed by atoms with Crippen LogP contribution in [0.5, 0.6) is 11.5 Å². The maximum absolute atomic E-state index is 12.7. The molecule has 1 aliphatic rings. The van der Waals surface area contributed by atoms with Crippen LogP contribution in [0.4, 0.5) is 5.13 Å². The molecule has 2 amide bonds. The number of amides is 2. The van der Waals surface area contributed by atoms with E-state index < -0.39 is 15.9 Å². The van der Waals surface area contributed by atoms with Crippen LogP contribution >= 0.6 is 23.1 Å². The lowest BCUT2D eigenvalue weighted by atomic mass is 10.1. The van der Waals surface area contributed by atoms with Gasteiger partial charge in [-0.3, -0.25) is 14.9 Å². The van der Waals surface area contributed by atoms with Gasteiger partial charge >= 0.3 is 0 Å². The summed E-state index contributed by atoms with van der Waals surface area (Å²) in [4.78, 5) is 25.0. The molecule has 11 nitrogen and oxygen atoms in total. The molecule has 1 aliphatic heterocycles. The van der Waals surface area contributed by atoms with Crippen molar-refractivity contribution >= 4 is 50.1 Å². The Morgan fingerprint density at radius 2 is 1.74 bits per heavy atom. The van der Waals surface area contributed by atoms with Crippen LogP contribution in [0.3, 0.4) is 0 Å². The Balaban J connectivity index is 1.22. The van der Waals surface area contributed by atoms with Gasteiger partial charge < -0.3 is 14.8 Å². The average molecular weight is 592 g/mol. The molecule has 1 saturated heterocycles. The molecule has 1 aromatic heterocycles. The van der Waals surface area contributed by atoms with E-state index in [0.29, 0.717) is 47.5 Å². The molecule has 0 saturated carbocycles. The number of aromatic nitrogens is 2. The molecule has 0 bridgehead atoms. The van der Waals surface area contributed by atoms with E-state index in [-0.39, 0.29) is 21.7 Å². The predicted molar refractivity (Wildman–Crippen MR) is 149 cm³/mol. The van der Waals surface area contributed by atoms with Crippen molar-refractivity contribution in [2.24, 2.45) is 0 Å². The van der Waals surface area contributed by atoms with Gasteiger partial charge in [0.1, 0.15) is 0 Å². The molecule has 2 aromatic carbocycles. The lowest BCUT2D eigenvalue weighted by molar-refractivity contribution is -0.118. The van der Waals surface area contributed by atoms with Gasteiger partial charge in [-0.25, -0.2) is 8.42 Å². The van der Waals surface area contributed by atoms with Gasteiger partial charge in [-0.15, -0.1) is 10.2 Å². The fourth-order valence-electron chi connectivity index (χ4n) is 3.90. The summed E-state index contributed by atoms with van der Waals surface area (Å²) in [6, 6.07) is 11.4. The minimum atomic E-state index is -3.54. The maximum Gasteiger partial charge on any atom is 0.257 e. The van der Waals surface area contributed by atoms with Crippen LogP contribution in [-0.4, -0.2) is 74.3 Å². The van der Waals surface area contributed by atoms with Gasteiger partial charge in [0, 0.05) is 25.2 Å². The molecule has 0 spiro atoms. The highest BCUT2D eigenvalue weighted by molar-refractivity contribution is 8.01. The lowest BCUT2D eigenvalue weighted by Gasteiger charge is -2.15. The quantitative estimate of drug-likeness (QED) is 0.240. The Bertz CT molecular complexity index is 1410. The first-order valence-electron chi connectivity index (χ1n) is 12.2. The number of nitrogens with one attached hydrogen (secondary N) is 2. The van der Waals surface area contributed by atoms with E-state index in [2.05, 4.69) is 20.8 Å². The normalized spacial score (nSPS) is 13.7. The molecular formula is C25H29N5O6S3. The van der Waals surface area contributed by atoms with Crippen molar-refractivity contribution in [2.75, 3.05) is 44.9 Å². The molecule has 39 heavy (non-hydrogen) atoms. The third-order valence-corrected chi connectivity index (χ3v) is 9.84. The summed E-state index contributed by atoms with van der Waals surface area (Å²) in [6.07, 6.45) is 2.34. The predicted octanol–water partition coefficient (Wildman–Crippen LogP) is 3.04. The molecule has 14 heteroatoms. The number of ether oxygens (including phenoxy) is 2. The zero-order valence-electron chi connectivity index (χ0n) is 21.5. The molecule has 208 valence electrons. The molecule has 3 aromatic rings. The summed E-state index contributed by atoms with van der Waals surface area (Å²) in [7, 11) is -0.385. The zero-order chi connectivity index (χ0) is 27.8. The van der Waals surface area contributed by atoms with E-state index in [1.807, 2.05) is 18.2 Å². The van der Waals surface area contributed by atoms with Crippen LogP contribution in [0.2, 0.25) is 0 Å². The molecule has 0 atom stereocenters. The lowest BCUT2D eigenvalue weighted by Crippen LogP contribution is -2.27. The SMILES string of the molecule is COc1ccc(CCNC(=O)CSc2nnc(NC(=O)c3ccc(S(=O)(=O)N4CCCC4)cc3)s2)cc1OC. The van der Waals surface area contributed by atoms with Crippen molar-refractivity contribution in [3.05, 3.63) is 53.6 Å². The molecule has 2 heterocycles. The first-order chi connectivity index (χ1) is 18.8. The number of rotatable bonds is 12. The van der Waals surface area contributed by atoms with Crippen molar-refractivity contribution < 1.29 is 27.5 Å². The highest BCUT2D eigenvalue weighted by atomic mass is 32.2. The van der Waals surface area contributed by atoms with Gasteiger partial charge in [0.25, 0.3) is 5.91 Å². The minimum Gasteiger partial charge on any atom is -0.493 e. The van der Waals surface area contributed by atoms with Crippen molar-refractivity contribution in [3.8, 4) is 11.5 Å². The second-order valence-electron chi connectivity index (χ2n) is 8.54. The highest BCUT2D eigenvalue weighted by Crippen LogP contribution is 2.28. The molecule has 2 N–H and O–H groups in total.